The van der Waals surface area contributed by atoms with Crippen LogP contribution in [0.3, 0.4) is 0 Å². The van der Waals surface area contributed by atoms with E-state index in [9.17, 15) is 18.0 Å². The lowest BCUT2D eigenvalue weighted by Crippen LogP contribution is -2.52. The van der Waals surface area contributed by atoms with Crippen LogP contribution in [0.25, 0.3) is 0 Å². The molecule has 2 amide bonds. The van der Waals surface area contributed by atoms with Crippen LogP contribution in [0.2, 0.25) is 0 Å². The number of hydrogen-bond acceptors (Lipinski definition) is 8. The van der Waals surface area contributed by atoms with E-state index < -0.39 is 22.0 Å². The number of amides is 2. The highest BCUT2D eigenvalue weighted by Crippen LogP contribution is 2.22. The van der Waals surface area contributed by atoms with Crippen LogP contribution in [0.15, 0.2) is 83.8 Å². The first-order valence-corrected chi connectivity index (χ1v) is 15.8. The van der Waals surface area contributed by atoms with Gasteiger partial charge < -0.3 is 29.2 Å². The molecule has 11 nitrogen and oxygen atoms in total. The lowest BCUT2D eigenvalue weighted by Gasteiger charge is -2.31. The molecule has 1 atom stereocenters. The maximum atomic E-state index is 13.8. The van der Waals surface area contributed by atoms with Gasteiger partial charge in [-0.15, -0.1) is 0 Å². The Morgan fingerprint density at radius 3 is 2.20 bits per heavy atom. The molecule has 3 aromatic carbocycles. The first kappa shape index (κ1) is 32.9. The van der Waals surface area contributed by atoms with Gasteiger partial charge >= 0.3 is 0 Å². The molecule has 1 N–H and O–H groups in total. The number of sulfonamides is 1. The van der Waals surface area contributed by atoms with Gasteiger partial charge in [0.25, 0.3) is 5.91 Å². The first-order chi connectivity index (χ1) is 21.3. The van der Waals surface area contributed by atoms with Crippen LogP contribution in [0.1, 0.15) is 11.1 Å². The molecule has 1 aliphatic rings. The zero-order valence-electron chi connectivity index (χ0n) is 25.0. The van der Waals surface area contributed by atoms with E-state index in [1.807, 2.05) is 42.5 Å². The highest BCUT2D eigenvalue weighted by molar-refractivity contribution is 7.89. The van der Waals surface area contributed by atoms with E-state index in [0.717, 1.165) is 11.1 Å². The number of carbonyl (C=O) groups excluding carboxylic acids is 2. The zero-order valence-corrected chi connectivity index (χ0v) is 25.8. The van der Waals surface area contributed by atoms with Crippen LogP contribution in [0.5, 0.6) is 11.5 Å². The molecule has 12 heteroatoms. The maximum absolute atomic E-state index is 13.8. The van der Waals surface area contributed by atoms with E-state index in [1.165, 1.54) is 33.5 Å². The Morgan fingerprint density at radius 2 is 1.57 bits per heavy atom. The van der Waals surface area contributed by atoms with Crippen molar-refractivity contribution >= 4 is 21.8 Å². The molecule has 0 radical (unpaired) electrons. The van der Waals surface area contributed by atoms with Crippen molar-refractivity contribution in [1.29, 1.82) is 0 Å². The van der Waals surface area contributed by atoms with Crippen molar-refractivity contribution in [3.8, 4) is 11.5 Å². The molecular weight excluding hydrogens is 586 g/mol. The normalized spacial score (nSPS) is 14.4. The van der Waals surface area contributed by atoms with Crippen molar-refractivity contribution in [3.63, 3.8) is 0 Å². The van der Waals surface area contributed by atoms with E-state index in [-0.39, 0.29) is 30.4 Å². The molecule has 0 bridgehead atoms. The SMILES string of the molecule is COCCNC(=O)[C@@H](Cc1ccccc1)N(Cc1ccc(OC)cc1)C(=O)COc1ccc(S(=O)(=O)N2CCOCC2)cc1. The number of hydrogen-bond donors (Lipinski definition) is 1. The van der Waals surface area contributed by atoms with Gasteiger partial charge in [-0.25, -0.2) is 8.42 Å². The predicted octanol–water partition coefficient (Wildman–Crippen LogP) is 2.50. The molecule has 0 saturated carbocycles. The molecule has 0 aliphatic carbocycles. The third-order valence-electron chi connectivity index (χ3n) is 7.18. The molecule has 0 aromatic heterocycles. The van der Waals surface area contributed by atoms with Gasteiger partial charge in [0.2, 0.25) is 15.9 Å². The molecule has 0 unspecified atom stereocenters. The molecular formula is C32H39N3O8S. The number of nitrogens with one attached hydrogen (secondary N) is 1. The summed E-state index contributed by atoms with van der Waals surface area (Å²) in [5.41, 5.74) is 1.70. The quantitative estimate of drug-likeness (QED) is 0.256. The Bertz CT molecular complexity index is 1450. The standard InChI is InChI=1S/C32H39N3O8S/c1-40-19-16-33-32(37)30(22-25-6-4-3-5-7-25)35(23-26-8-10-27(41-2)11-9-26)31(36)24-43-28-12-14-29(15-13-28)44(38,39)34-17-20-42-21-18-34/h3-15,30H,16-24H2,1-2H3,(H,33,37)/t30-/m1/s1. The first-order valence-electron chi connectivity index (χ1n) is 14.4. The predicted molar refractivity (Wildman–Crippen MR) is 164 cm³/mol. The summed E-state index contributed by atoms with van der Waals surface area (Å²) in [6.07, 6.45) is 0.287. The van der Waals surface area contributed by atoms with Crippen LogP contribution in [0, 0.1) is 0 Å². The smallest absolute Gasteiger partial charge is 0.261 e. The van der Waals surface area contributed by atoms with Crippen molar-refractivity contribution in [2.24, 2.45) is 0 Å². The van der Waals surface area contributed by atoms with Crippen molar-refractivity contribution in [2.45, 2.75) is 23.9 Å². The summed E-state index contributed by atoms with van der Waals surface area (Å²) in [4.78, 5) is 28.9. The van der Waals surface area contributed by atoms with E-state index in [0.29, 0.717) is 51.0 Å². The molecule has 236 valence electrons. The Kier molecular flexibility index (Phi) is 12.1. The second-order valence-corrected chi connectivity index (χ2v) is 12.1. The zero-order chi connectivity index (χ0) is 31.4. The summed E-state index contributed by atoms with van der Waals surface area (Å²) in [7, 11) is -0.536. The molecule has 1 saturated heterocycles. The topological polar surface area (TPSA) is 124 Å². The van der Waals surface area contributed by atoms with E-state index in [1.54, 1.807) is 26.4 Å². The summed E-state index contributed by atoms with van der Waals surface area (Å²) >= 11 is 0. The van der Waals surface area contributed by atoms with Crippen LogP contribution in [-0.4, -0.2) is 95.8 Å². The second kappa shape index (κ2) is 16.2. The lowest BCUT2D eigenvalue weighted by atomic mass is 10.0. The number of methoxy groups -OCH3 is 2. The number of ether oxygens (including phenoxy) is 4. The van der Waals surface area contributed by atoms with Gasteiger partial charge in [0.15, 0.2) is 6.61 Å². The van der Waals surface area contributed by atoms with Gasteiger partial charge in [0, 0.05) is 39.7 Å². The molecule has 3 aromatic rings. The fourth-order valence-electron chi connectivity index (χ4n) is 4.75. The molecule has 44 heavy (non-hydrogen) atoms. The Morgan fingerprint density at radius 1 is 0.909 bits per heavy atom. The average Bonchev–Trinajstić information content (AvgIpc) is 3.06. The molecule has 0 spiro atoms. The number of rotatable bonds is 15. The Labute approximate surface area is 258 Å². The molecule has 1 fully saturated rings. The van der Waals surface area contributed by atoms with Crippen molar-refractivity contribution in [2.75, 3.05) is 60.3 Å². The number of carbonyl (C=O) groups is 2. The highest BCUT2D eigenvalue weighted by Gasteiger charge is 2.31. The third-order valence-corrected chi connectivity index (χ3v) is 9.10. The van der Waals surface area contributed by atoms with Crippen molar-refractivity contribution in [1.82, 2.24) is 14.5 Å². The molecule has 1 aliphatic heterocycles. The number of nitrogens with zero attached hydrogens (tertiary/aromatic N) is 2. The lowest BCUT2D eigenvalue weighted by molar-refractivity contribution is -0.142. The summed E-state index contributed by atoms with van der Waals surface area (Å²) in [6, 6.07) is 21.9. The monoisotopic (exact) mass is 625 g/mol. The largest absolute Gasteiger partial charge is 0.497 e. The van der Waals surface area contributed by atoms with Gasteiger partial charge in [0.1, 0.15) is 17.5 Å². The summed E-state index contributed by atoms with van der Waals surface area (Å²) < 4.78 is 48.8. The highest BCUT2D eigenvalue weighted by atomic mass is 32.2. The minimum Gasteiger partial charge on any atom is -0.497 e. The van der Waals surface area contributed by atoms with E-state index >= 15 is 0 Å². The van der Waals surface area contributed by atoms with Crippen LogP contribution in [-0.2, 0) is 42.1 Å². The van der Waals surface area contributed by atoms with Crippen molar-refractivity contribution < 1.29 is 37.0 Å². The van der Waals surface area contributed by atoms with E-state index in [2.05, 4.69) is 5.32 Å². The van der Waals surface area contributed by atoms with Gasteiger partial charge in [0.05, 0.1) is 31.8 Å². The van der Waals surface area contributed by atoms with E-state index in [4.69, 9.17) is 18.9 Å². The summed E-state index contributed by atoms with van der Waals surface area (Å²) in [6.45, 7) is 1.71. The number of morpholine rings is 1. The van der Waals surface area contributed by atoms with Gasteiger partial charge in [-0.3, -0.25) is 9.59 Å². The fourth-order valence-corrected chi connectivity index (χ4v) is 6.16. The fraction of sp³-hybridized carbons (Fsp3) is 0.375. The van der Waals surface area contributed by atoms with Gasteiger partial charge in [-0.1, -0.05) is 42.5 Å². The Balaban J connectivity index is 1.54. The number of benzene rings is 3. The Hall–Kier alpha value is -3.97. The average molecular weight is 626 g/mol. The third kappa shape index (κ3) is 9.02. The summed E-state index contributed by atoms with van der Waals surface area (Å²) in [5, 5.41) is 2.88. The second-order valence-electron chi connectivity index (χ2n) is 10.1. The van der Waals surface area contributed by atoms with Crippen LogP contribution < -0.4 is 14.8 Å². The molecule has 1 heterocycles. The minimum atomic E-state index is -3.66. The van der Waals surface area contributed by atoms with Crippen LogP contribution >= 0.6 is 0 Å². The summed E-state index contributed by atoms with van der Waals surface area (Å²) in [5.74, 6) is 0.277. The minimum absolute atomic E-state index is 0.134. The van der Waals surface area contributed by atoms with Crippen LogP contribution in [0.4, 0.5) is 0 Å². The molecule has 4 rings (SSSR count). The van der Waals surface area contributed by atoms with Gasteiger partial charge in [-0.05, 0) is 47.5 Å². The maximum Gasteiger partial charge on any atom is 0.261 e. The van der Waals surface area contributed by atoms with Crippen molar-refractivity contribution in [3.05, 3.63) is 90.0 Å². The van der Waals surface area contributed by atoms with Gasteiger partial charge in [-0.2, -0.15) is 4.31 Å².